The number of carbonyl (C=O) groups is 1. The van der Waals surface area contributed by atoms with Gasteiger partial charge in [0.15, 0.2) is 0 Å². The Balaban J connectivity index is 0. The smallest absolute Gasteiger partial charge is 0.324 e. The predicted molar refractivity (Wildman–Crippen MR) is 94.7 cm³/mol. The fraction of sp³-hybridized carbons (Fsp3) is 0.500. The molecule has 0 radical (unpaired) electrons. The van der Waals surface area contributed by atoms with E-state index < -0.39 is 0 Å². The SMILES string of the molecule is CCC(=O)ON1CC(N)NCC1Cc1ccc(F)cc1.Cl.Cl.Cl. The van der Waals surface area contributed by atoms with Crippen molar-refractivity contribution in [3.8, 4) is 0 Å². The molecule has 1 saturated heterocycles. The molecule has 2 unspecified atom stereocenters. The number of nitrogens with two attached hydrogens (primary N) is 1. The Morgan fingerprint density at radius 3 is 2.52 bits per heavy atom. The fourth-order valence-corrected chi connectivity index (χ4v) is 2.17. The summed E-state index contributed by atoms with van der Waals surface area (Å²) in [5.74, 6) is -0.532. The van der Waals surface area contributed by atoms with E-state index in [1.807, 2.05) is 0 Å². The molecule has 23 heavy (non-hydrogen) atoms. The lowest BCUT2D eigenvalue weighted by molar-refractivity contribution is -0.208. The molecule has 134 valence electrons. The van der Waals surface area contributed by atoms with E-state index in [2.05, 4.69) is 5.32 Å². The standard InChI is InChI=1S/C14H20FN3O2.3ClH/c1-2-14(19)20-18-9-13(16)17-8-12(18)7-10-3-5-11(15)6-4-10;;;/h3-6,12-13,17H,2,7-9,16H2,1H3;3*1H. The van der Waals surface area contributed by atoms with Gasteiger partial charge < -0.3 is 10.6 Å². The van der Waals surface area contributed by atoms with Crippen molar-refractivity contribution in [3.63, 3.8) is 0 Å². The maximum absolute atomic E-state index is 12.9. The quantitative estimate of drug-likeness (QED) is 0.824. The molecule has 0 bridgehead atoms. The van der Waals surface area contributed by atoms with E-state index >= 15 is 0 Å². The second-order valence-corrected chi connectivity index (χ2v) is 4.92. The highest BCUT2D eigenvalue weighted by atomic mass is 35.5. The van der Waals surface area contributed by atoms with E-state index in [0.717, 1.165) is 5.56 Å². The van der Waals surface area contributed by atoms with Crippen LogP contribution in [0.2, 0.25) is 0 Å². The highest BCUT2D eigenvalue weighted by Gasteiger charge is 2.29. The molecule has 0 aliphatic carbocycles. The van der Waals surface area contributed by atoms with Crippen molar-refractivity contribution in [2.45, 2.75) is 32.0 Å². The zero-order valence-corrected chi connectivity index (χ0v) is 15.2. The Hall–Kier alpha value is -0.630. The molecule has 1 fully saturated rings. The third-order valence-corrected chi connectivity index (χ3v) is 3.29. The molecule has 0 amide bonds. The fourth-order valence-electron chi connectivity index (χ4n) is 2.17. The van der Waals surface area contributed by atoms with Crippen LogP contribution in [0.5, 0.6) is 0 Å². The molecule has 1 aromatic carbocycles. The molecule has 2 atom stereocenters. The average Bonchev–Trinajstić information content (AvgIpc) is 2.44. The number of hydrogen-bond acceptors (Lipinski definition) is 5. The maximum atomic E-state index is 12.9. The molecular formula is C14H23Cl3FN3O2. The first-order valence-electron chi connectivity index (χ1n) is 6.79. The summed E-state index contributed by atoms with van der Waals surface area (Å²) in [4.78, 5) is 16.8. The van der Waals surface area contributed by atoms with Crippen molar-refractivity contribution in [2.24, 2.45) is 5.73 Å². The third-order valence-electron chi connectivity index (χ3n) is 3.29. The highest BCUT2D eigenvalue weighted by Crippen LogP contribution is 2.14. The van der Waals surface area contributed by atoms with Gasteiger partial charge in [0, 0.05) is 13.0 Å². The molecule has 0 spiro atoms. The molecule has 3 N–H and O–H groups in total. The lowest BCUT2D eigenvalue weighted by atomic mass is 10.0. The number of hydroxylamine groups is 2. The van der Waals surface area contributed by atoms with Crippen LogP contribution in [0.15, 0.2) is 24.3 Å². The zero-order chi connectivity index (χ0) is 14.5. The molecule has 5 nitrogen and oxygen atoms in total. The number of rotatable bonds is 4. The zero-order valence-electron chi connectivity index (χ0n) is 12.7. The van der Waals surface area contributed by atoms with Gasteiger partial charge in [0.1, 0.15) is 5.82 Å². The number of nitrogens with zero attached hydrogens (tertiary/aromatic N) is 1. The monoisotopic (exact) mass is 389 g/mol. The van der Waals surface area contributed by atoms with Crippen molar-refractivity contribution in [1.29, 1.82) is 0 Å². The summed E-state index contributed by atoms with van der Waals surface area (Å²) < 4.78 is 12.9. The number of carbonyl (C=O) groups excluding carboxylic acids is 1. The van der Waals surface area contributed by atoms with Gasteiger partial charge in [-0.15, -0.1) is 42.3 Å². The molecule has 1 heterocycles. The normalized spacial score (nSPS) is 20.5. The van der Waals surface area contributed by atoms with Gasteiger partial charge in [-0.1, -0.05) is 19.1 Å². The van der Waals surface area contributed by atoms with Gasteiger partial charge in [0.25, 0.3) is 0 Å². The van der Waals surface area contributed by atoms with Crippen LogP contribution >= 0.6 is 37.2 Å². The Morgan fingerprint density at radius 2 is 1.96 bits per heavy atom. The van der Waals surface area contributed by atoms with Crippen LogP contribution in [-0.2, 0) is 16.1 Å². The van der Waals surface area contributed by atoms with Crippen molar-refractivity contribution in [3.05, 3.63) is 35.6 Å². The highest BCUT2D eigenvalue weighted by molar-refractivity contribution is 5.86. The van der Waals surface area contributed by atoms with Crippen molar-refractivity contribution in [2.75, 3.05) is 13.1 Å². The molecule has 9 heteroatoms. The number of hydrogen-bond donors (Lipinski definition) is 2. The Kier molecular flexibility index (Phi) is 12.7. The van der Waals surface area contributed by atoms with Crippen LogP contribution in [0.1, 0.15) is 18.9 Å². The lowest BCUT2D eigenvalue weighted by Crippen LogP contribution is -2.60. The van der Waals surface area contributed by atoms with Gasteiger partial charge in [0.05, 0.1) is 18.8 Å². The van der Waals surface area contributed by atoms with Crippen molar-refractivity contribution < 1.29 is 14.0 Å². The Morgan fingerprint density at radius 1 is 1.35 bits per heavy atom. The summed E-state index contributed by atoms with van der Waals surface area (Å²) in [7, 11) is 0. The Labute approximate surface area is 154 Å². The second kappa shape index (κ2) is 11.8. The van der Waals surface area contributed by atoms with E-state index in [4.69, 9.17) is 10.6 Å². The van der Waals surface area contributed by atoms with Gasteiger partial charge in [-0.3, -0.25) is 10.1 Å². The van der Waals surface area contributed by atoms with Crippen LogP contribution in [0.4, 0.5) is 4.39 Å². The van der Waals surface area contributed by atoms with Crippen LogP contribution in [0.3, 0.4) is 0 Å². The molecule has 2 rings (SSSR count). The van der Waals surface area contributed by atoms with Crippen LogP contribution < -0.4 is 11.1 Å². The van der Waals surface area contributed by atoms with Gasteiger partial charge >= 0.3 is 5.97 Å². The van der Waals surface area contributed by atoms with E-state index in [-0.39, 0.29) is 61.2 Å². The molecule has 1 aliphatic rings. The number of halogens is 4. The third kappa shape index (κ3) is 7.65. The average molecular weight is 391 g/mol. The van der Waals surface area contributed by atoms with Gasteiger partial charge in [0.2, 0.25) is 0 Å². The van der Waals surface area contributed by atoms with E-state index in [1.54, 1.807) is 24.1 Å². The van der Waals surface area contributed by atoms with Gasteiger partial charge in [-0.2, -0.15) is 0 Å². The number of nitrogens with one attached hydrogen (secondary N) is 1. The predicted octanol–water partition coefficient (Wildman–Crippen LogP) is 2.06. The lowest BCUT2D eigenvalue weighted by Gasteiger charge is -2.37. The minimum absolute atomic E-state index is 0. The summed E-state index contributed by atoms with van der Waals surface area (Å²) >= 11 is 0. The first kappa shape index (κ1) is 24.6. The first-order chi connectivity index (χ1) is 9.58. The van der Waals surface area contributed by atoms with Crippen LogP contribution in [0, 0.1) is 5.82 Å². The first-order valence-corrected chi connectivity index (χ1v) is 6.79. The molecule has 0 saturated carbocycles. The number of piperazine rings is 1. The summed E-state index contributed by atoms with van der Waals surface area (Å²) in [5, 5.41) is 4.79. The summed E-state index contributed by atoms with van der Waals surface area (Å²) in [6.45, 7) is 2.81. The second-order valence-electron chi connectivity index (χ2n) is 4.92. The van der Waals surface area contributed by atoms with Gasteiger partial charge in [-0.05, 0) is 24.1 Å². The maximum Gasteiger partial charge on any atom is 0.324 e. The largest absolute Gasteiger partial charge is 0.368 e. The minimum Gasteiger partial charge on any atom is -0.368 e. The van der Waals surface area contributed by atoms with Crippen molar-refractivity contribution in [1.82, 2.24) is 10.4 Å². The summed E-state index contributed by atoms with van der Waals surface area (Å²) in [5.41, 5.74) is 6.82. The number of benzene rings is 1. The minimum atomic E-state index is -0.275. The molecule has 0 aromatic heterocycles. The topological polar surface area (TPSA) is 67.6 Å². The molecule has 1 aliphatic heterocycles. The Bertz CT molecular complexity index is 465. The van der Waals surface area contributed by atoms with Crippen LogP contribution in [-0.4, -0.2) is 36.3 Å². The molecule has 1 aromatic rings. The van der Waals surface area contributed by atoms with E-state index in [9.17, 15) is 9.18 Å². The van der Waals surface area contributed by atoms with E-state index in [1.165, 1.54) is 12.1 Å². The van der Waals surface area contributed by atoms with Gasteiger partial charge in [-0.25, -0.2) is 4.39 Å². The van der Waals surface area contributed by atoms with Crippen molar-refractivity contribution >= 4 is 43.2 Å². The van der Waals surface area contributed by atoms with Crippen LogP contribution in [0.25, 0.3) is 0 Å². The molecular weight excluding hydrogens is 368 g/mol. The van der Waals surface area contributed by atoms with E-state index in [0.29, 0.717) is 25.9 Å². The summed E-state index contributed by atoms with van der Waals surface area (Å²) in [6, 6.07) is 6.34. The summed E-state index contributed by atoms with van der Waals surface area (Å²) in [6.07, 6.45) is 0.767.